The van der Waals surface area contributed by atoms with Crippen molar-refractivity contribution in [2.24, 2.45) is 5.92 Å². The Balaban J connectivity index is 1.71. The second-order valence-corrected chi connectivity index (χ2v) is 7.66. The lowest BCUT2D eigenvalue weighted by atomic mass is 10.0. The summed E-state index contributed by atoms with van der Waals surface area (Å²) in [6, 6.07) is 6.50. The van der Waals surface area contributed by atoms with E-state index in [1.54, 1.807) is 26.0 Å². The van der Waals surface area contributed by atoms with Crippen LogP contribution in [0.2, 0.25) is 0 Å². The smallest absolute Gasteiger partial charge is 0.262 e. The van der Waals surface area contributed by atoms with Gasteiger partial charge in [-0.05, 0) is 36.6 Å². The van der Waals surface area contributed by atoms with Crippen molar-refractivity contribution in [3.8, 4) is 0 Å². The number of fused-ring (bicyclic) bond motifs is 1. The van der Waals surface area contributed by atoms with Crippen molar-refractivity contribution in [1.82, 2.24) is 10.2 Å². The molecule has 0 unspecified atom stereocenters. The van der Waals surface area contributed by atoms with Crippen LogP contribution in [0.25, 0.3) is 0 Å². The molecular formula is C22H20F3N3O4. The summed E-state index contributed by atoms with van der Waals surface area (Å²) in [6.07, 6.45) is 0.150. The predicted molar refractivity (Wildman–Crippen MR) is 108 cm³/mol. The average molecular weight is 447 g/mol. The number of anilines is 1. The number of imide groups is 1. The Hall–Kier alpha value is -3.69. The minimum Gasteiger partial charge on any atom is -0.345 e. The summed E-state index contributed by atoms with van der Waals surface area (Å²) in [4.78, 5) is 51.3. The van der Waals surface area contributed by atoms with Crippen molar-refractivity contribution < 1.29 is 32.3 Å². The van der Waals surface area contributed by atoms with Crippen molar-refractivity contribution >= 4 is 29.3 Å². The Morgan fingerprint density at radius 2 is 1.53 bits per heavy atom. The number of hydrogen-bond donors (Lipinski definition) is 2. The molecule has 0 bridgehead atoms. The summed E-state index contributed by atoms with van der Waals surface area (Å²) in [7, 11) is 0. The minimum absolute atomic E-state index is 0.0693. The molecule has 3 rings (SSSR count). The van der Waals surface area contributed by atoms with Crippen LogP contribution in [0.1, 0.15) is 41.0 Å². The molecule has 10 heteroatoms. The molecule has 2 aromatic carbocycles. The monoisotopic (exact) mass is 447 g/mol. The summed E-state index contributed by atoms with van der Waals surface area (Å²) in [5.74, 6) is -7.68. The number of halogens is 3. The first-order valence-electron chi connectivity index (χ1n) is 9.79. The number of nitrogens with one attached hydrogen (secondary N) is 2. The number of amides is 4. The van der Waals surface area contributed by atoms with Gasteiger partial charge in [0.1, 0.15) is 6.04 Å². The number of benzene rings is 2. The maximum atomic E-state index is 13.7. The van der Waals surface area contributed by atoms with Crippen LogP contribution in [0, 0.1) is 23.4 Å². The maximum Gasteiger partial charge on any atom is 0.262 e. The molecule has 2 N–H and O–H groups in total. The number of hydrogen-bond acceptors (Lipinski definition) is 4. The molecule has 0 saturated heterocycles. The number of carbonyl (C=O) groups excluding carboxylic acids is 4. The summed E-state index contributed by atoms with van der Waals surface area (Å²) >= 11 is 0. The van der Waals surface area contributed by atoms with Gasteiger partial charge in [-0.1, -0.05) is 26.0 Å². The number of carbonyl (C=O) groups is 4. The molecule has 0 spiro atoms. The normalized spacial score (nSPS) is 13.9. The zero-order valence-corrected chi connectivity index (χ0v) is 17.2. The molecule has 1 aliphatic rings. The molecule has 0 aliphatic carbocycles. The maximum absolute atomic E-state index is 13.7. The van der Waals surface area contributed by atoms with E-state index in [9.17, 15) is 32.3 Å². The lowest BCUT2D eigenvalue weighted by Gasteiger charge is -2.26. The van der Waals surface area contributed by atoms with Gasteiger partial charge in [0.25, 0.3) is 11.8 Å². The summed E-state index contributed by atoms with van der Waals surface area (Å²) in [5, 5.41) is 4.34. The molecule has 32 heavy (non-hydrogen) atoms. The highest BCUT2D eigenvalue weighted by Gasteiger charge is 2.42. The van der Waals surface area contributed by atoms with E-state index in [1.165, 1.54) is 12.1 Å². The quantitative estimate of drug-likeness (QED) is 0.504. The van der Waals surface area contributed by atoms with E-state index in [2.05, 4.69) is 5.32 Å². The number of nitrogens with zero attached hydrogens (tertiary/aromatic N) is 1. The van der Waals surface area contributed by atoms with E-state index in [0.29, 0.717) is 6.07 Å². The topological polar surface area (TPSA) is 95.6 Å². The predicted octanol–water partition coefficient (Wildman–Crippen LogP) is 2.87. The van der Waals surface area contributed by atoms with Gasteiger partial charge < -0.3 is 10.6 Å². The highest BCUT2D eigenvalue weighted by molar-refractivity contribution is 6.22. The zero-order chi connectivity index (χ0) is 23.6. The molecule has 0 aromatic heterocycles. The van der Waals surface area contributed by atoms with Crippen LogP contribution in [-0.4, -0.2) is 41.1 Å². The van der Waals surface area contributed by atoms with Crippen LogP contribution >= 0.6 is 0 Å². The molecule has 1 aliphatic heterocycles. The highest BCUT2D eigenvalue weighted by atomic mass is 19.2. The van der Waals surface area contributed by atoms with E-state index in [4.69, 9.17) is 0 Å². The lowest BCUT2D eigenvalue weighted by Crippen LogP contribution is -2.51. The Bertz CT molecular complexity index is 1070. The van der Waals surface area contributed by atoms with Crippen LogP contribution in [-0.2, 0) is 9.59 Å². The second-order valence-electron chi connectivity index (χ2n) is 7.66. The van der Waals surface area contributed by atoms with Gasteiger partial charge in [0.15, 0.2) is 17.5 Å². The third kappa shape index (κ3) is 4.48. The van der Waals surface area contributed by atoms with E-state index in [-0.39, 0.29) is 23.5 Å². The van der Waals surface area contributed by atoms with Crippen molar-refractivity contribution in [3.63, 3.8) is 0 Å². The summed E-state index contributed by atoms with van der Waals surface area (Å²) < 4.78 is 40.0. The van der Waals surface area contributed by atoms with Crippen molar-refractivity contribution in [2.75, 3.05) is 11.9 Å². The van der Waals surface area contributed by atoms with Crippen LogP contribution in [0.15, 0.2) is 36.4 Å². The molecule has 168 valence electrons. The van der Waals surface area contributed by atoms with E-state index >= 15 is 0 Å². The highest BCUT2D eigenvalue weighted by Crippen LogP contribution is 2.27. The van der Waals surface area contributed by atoms with E-state index in [1.807, 2.05) is 5.32 Å². The first kappa shape index (κ1) is 23.0. The molecule has 1 atom stereocenters. The Kier molecular flexibility index (Phi) is 6.61. The molecule has 2 aromatic rings. The van der Waals surface area contributed by atoms with Gasteiger partial charge in [0.05, 0.1) is 23.4 Å². The molecule has 4 amide bonds. The lowest BCUT2D eigenvalue weighted by molar-refractivity contribution is -0.127. The summed E-state index contributed by atoms with van der Waals surface area (Å²) in [6.45, 7) is 2.96. The molecular weight excluding hydrogens is 427 g/mol. The fourth-order valence-corrected chi connectivity index (χ4v) is 3.37. The molecule has 0 radical (unpaired) electrons. The second kappa shape index (κ2) is 9.21. The standard InChI is InChI=1S/C22H20F3N3O4/c1-11(2)9-16(28-21(31)12-5-3-4-6-13(12)22(28)32)20(30)26-10-17(29)27-15-8-7-14(23)18(24)19(15)25/h3-8,11,16H,9-10H2,1-2H3,(H,26,30)(H,27,29)/t16-/m0/s1. The Labute approximate surface area is 181 Å². The Morgan fingerprint density at radius 1 is 0.938 bits per heavy atom. The van der Waals surface area contributed by atoms with Gasteiger partial charge >= 0.3 is 0 Å². The molecule has 1 heterocycles. The average Bonchev–Trinajstić information content (AvgIpc) is 3.01. The van der Waals surface area contributed by atoms with Gasteiger partial charge in [-0.3, -0.25) is 24.1 Å². The van der Waals surface area contributed by atoms with Gasteiger partial charge in [-0.15, -0.1) is 0 Å². The van der Waals surface area contributed by atoms with Crippen molar-refractivity contribution in [3.05, 3.63) is 65.0 Å². The summed E-state index contributed by atoms with van der Waals surface area (Å²) in [5.41, 5.74) is -0.224. The van der Waals surface area contributed by atoms with Crippen LogP contribution in [0.3, 0.4) is 0 Å². The van der Waals surface area contributed by atoms with Gasteiger partial charge in [-0.25, -0.2) is 13.2 Å². The largest absolute Gasteiger partial charge is 0.345 e. The molecule has 0 saturated carbocycles. The SMILES string of the molecule is CC(C)C[C@@H](C(=O)NCC(=O)Nc1ccc(F)c(F)c1F)N1C(=O)c2ccccc2C1=O. The first-order valence-corrected chi connectivity index (χ1v) is 9.79. The van der Waals surface area contributed by atoms with Gasteiger partial charge in [0.2, 0.25) is 11.8 Å². The van der Waals surface area contributed by atoms with Crippen LogP contribution in [0.5, 0.6) is 0 Å². The van der Waals surface area contributed by atoms with Gasteiger partial charge in [0, 0.05) is 0 Å². The first-order chi connectivity index (χ1) is 15.1. The van der Waals surface area contributed by atoms with Gasteiger partial charge in [-0.2, -0.15) is 0 Å². The fourth-order valence-electron chi connectivity index (χ4n) is 3.37. The van der Waals surface area contributed by atoms with Crippen molar-refractivity contribution in [2.45, 2.75) is 26.3 Å². The zero-order valence-electron chi connectivity index (χ0n) is 17.2. The number of rotatable bonds is 7. The van der Waals surface area contributed by atoms with E-state index in [0.717, 1.165) is 11.0 Å². The minimum atomic E-state index is -1.74. The van der Waals surface area contributed by atoms with Crippen molar-refractivity contribution in [1.29, 1.82) is 0 Å². The van der Waals surface area contributed by atoms with Crippen LogP contribution in [0.4, 0.5) is 18.9 Å². The Morgan fingerprint density at radius 3 is 2.09 bits per heavy atom. The third-order valence-electron chi connectivity index (χ3n) is 4.87. The molecule has 7 nitrogen and oxygen atoms in total. The fraction of sp³-hybridized carbons (Fsp3) is 0.273. The van der Waals surface area contributed by atoms with E-state index < -0.39 is 59.4 Å². The third-order valence-corrected chi connectivity index (χ3v) is 4.87. The molecule has 0 fully saturated rings. The van der Waals surface area contributed by atoms with Crippen LogP contribution < -0.4 is 10.6 Å².